The van der Waals surface area contributed by atoms with Gasteiger partial charge in [-0.05, 0) is 54.9 Å². The van der Waals surface area contributed by atoms with E-state index in [0.29, 0.717) is 17.8 Å². The lowest BCUT2D eigenvalue weighted by Crippen LogP contribution is -2.37. The summed E-state index contributed by atoms with van der Waals surface area (Å²) >= 11 is 0. The average Bonchev–Trinajstić information content (AvgIpc) is 2.62. The first-order valence-electron chi connectivity index (χ1n) is 9.78. The number of nitrogens with zero attached hydrogens (tertiary/aromatic N) is 1. The van der Waals surface area contributed by atoms with E-state index in [1.54, 1.807) is 0 Å². The summed E-state index contributed by atoms with van der Waals surface area (Å²) in [5.74, 6) is 2.05. The Morgan fingerprint density at radius 1 is 1.16 bits per heavy atom. The molecular weight excluding hydrogens is 312 g/mol. The highest BCUT2D eigenvalue weighted by molar-refractivity contribution is 5.93. The van der Waals surface area contributed by atoms with Crippen molar-refractivity contribution in [1.82, 2.24) is 0 Å². The third kappa shape index (κ3) is 4.55. The number of ether oxygens (including phenoxy) is 1. The summed E-state index contributed by atoms with van der Waals surface area (Å²) in [6, 6.07) is 8.26. The van der Waals surface area contributed by atoms with Crippen molar-refractivity contribution < 1.29 is 9.53 Å². The Bertz CT molecular complexity index is 564. The molecule has 1 aliphatic carbocycles. The number of hydrogen-bond donors (Lipinski definition) is 1. The van der Waals surface area contributed by atoms with E-state index < -0.39 is 0 Å². The summed E-state index contributed by atoms with van der Waals surface area (Å²) in [7, 11) is 0. The standard InChI is InChI=1S/C21H32N2O2/c1-15(2)19-9-4-16(3)14-20(19)21(24)22-17-5-7-18(8-6-17)23-10-12-25-13-11-23/h5-8,15-16,19-20H,4,9-14H2,1-3H3,(H,22,24). The third-order valence-corrected chi connectivity index (χ3v) is 5.87. The van der Waals surface area contributed by atoms with Gasteiger partial charge in [0.05, 0.1) is 13.2 Å². The first kappa shape index (κ1) is 18.2. The molecule has 1 heterocycles. The molecule has 3 unspecified atom stereocenters. The normalized spacial score (nSPS) is 27.4. The number of rotatable bonds is 4. The van der Waals surface area contributed by atoms with Crippen molar-refractivity contribution in [2.75, 3.05) is 36.5 Å². The molecule has 1 saturated carbocycles. The highest BCUT2D eigenvalue weighted by atomic mass is 16.5. The zero-order valence-electron chi connectivity index (χ0n) is 15.8. The van der Waals surface area contributed by atoms with Gasteiger partial charge < -0.3 is 15.0 Å². The summed E-state index contributed by atoms with van der Waals surface area (Å²) in [6.07, 6.45) is 3.44. The van der Waals surface area contributed by atoms with Gasteiger partial charge in [0.25, 0.3) is 0 Å². The maximum atomic E-state index is 12.9. The van der Waals surface area contributed by atoms with Gasteiger partial charge in [-0.2, -0.15) is 0 Å². The van der Waals surface area contributed by atoms with Gasteiger partial charge in [0.1, 0.15) is 0 Å². The topological polar surface area (TPSA) is 41.6 Å². The van der Waals surface area contributed by atoms with Crippen LogP contribution in [0.1, 0.15) is 40.0 Å². The van der Waals surface area contributed by atoms with Crippen LogP contribution >= 0.6 is 0 Å². The van der Waals surface area contributed by atoms with E-state index in [1.165, 1.54) is 18.5 Å². The SMILES string of the molecule is CC1CCC(C(C)C)C(C(=O)Nc2ccc(N3CCOCC3)cc2)C1. The second-order valence-electron chi connectivity index (χ2n) is 8.07. The molecule has 1 aliphatic heterocycles. The Morgan fingerprint density at radius 3 is 2.48 bits per heavy atom. The van der Waals surface area contributed by atoms with Gasteiger partial charge in [-0.1, -0.05) is 27.2 Å². The zero-order valence-corrected chi connectivity index (χ0v) is 15.8. The van der Waals surface area contributed by atoms with Gasteiger partial charge in [-0.25, -0.2) is 0 Å². The molecule has 1 aromatic rings. The summed E-state index contributed by atoms with van der Waals surface area (Å²) in [5.41, 5.74) is 2.11. The third-order valence-electron chi connectivity index (χ3n) is 5.87. The summed E-state index contributed by atoms with van der Waals surface area (Å²) in [6.45, 7) is 10.2. The number of benzene rings is 1. The Labute approximate surface area is 151 Å². The van der Waals surface area contributed by atoms with E-state index in [1.807, 2.05) is 12.1 Å². The van der Waals surface area contributed by atoms with Gasteiger partial charge in [0, 0.05) is 30.4 Å². The molecule has 0 spiro atoms. The Balaban J connectivity index is 1.63. The maximum absolute atomic E-state index is 12.9. The molecule has 3 atom stereocenters. The van der Waals surface area contributed by atoms with Gasteiger partial charge in [0.2, 0.25) is 5.91 Å². The lowest BCUT2D eigenvalue weighted by Gasteiger charge is -2.36. The van der Waals surface area contributed by atoms with Crippen molar-refractivity contribution in [3.05, 3.63) is 24.3 Å². The van der Waals surface area contributed by atoms with Crippen molar-refractivity contribution in [3.8, 4) is 0 Å². The minimum absolute atomic E-state index is 0.141. The van der Waals surface area contributed by atoms with E-state index in [2.05, 4.69) is 43.1 Å². The molecule has 0 aromatic heterocycles. The van der Waals surface area contributed by atoms with Crippen LogP contribution in [-0.2, 0) is 9.53 Å². The summed E-state index contributed by atoms with van der Waals surface area (Å²) in [5, 5.41) is 3.17. The number of nitrogens with one attached hydrogen (secondary N) is 1. The number of anilines is 2. The molecule has 4 nitrogen and oxygen atoms in total. The van der Waals surface area contributed by atoms with Crippen LogP contribution in [0.2, 0.25) is 0 Å². The number of amides is 1. The van der Waals surface area contributed by atoms with Gasteiger partial charge in [-0.15, -0.1) is 0 Å². The molecule has 138 valence electrons. The molecule has 4 heteroatoms. The van der Waals surface area contributed by atoms with Crippen LogP contribution in [0.5, 0.6) is 0 Å². The van der Waals surface area contributed by atoms with E-state index in [9.17, 15) is 4.79 Å². The predicted octanol–water partition coefficient (Wildman–Crippen LogP) is 4.17. The lowest BCUT2D eigenvalue weighted by atomic mass is 9.70. The Morgan fingerprint density at radius 2 is 1.84 bits per heavy atom. The lowest BCUT2D eigenvalue weighted by molar-refractivity contribution is -0.123. The van der Waals surface area contributed by atoms with E-state index in [0.717, 1.165) is 38.4 Å². The van der Waals surface area contributed by atoms with Crippen molar-refractivity contribution in [3.63, 3.8) is 0 Å². The highest BCUT2D eigenvalue weighted by Gasteiger charge is 2.35. The largest absolute Gasteiger partial charge is 0.378 e. The molecule has 1 aromatic carbocycles. The fourth-order valence-corrected chi connectivity index (χ4v) is 4.32. The highest BCUT2D eigenvalue weighted by Crippen LogP contribution is 2.38. The van der Waals surface area contributed by atoms with Crippen LogP contribution in [0.15, 0.2) is 24.3 Å². The Hall–Kier alpha value is -1.55. The van der Waals surface area contributed by atoms with Crippen LogP contribution in [0.4, 0.5) is 11.4 Å². The molecule has 0 radical (unpaired) electrons. The van der Waals surface area contributed by atoms with Crippen LogP contribution < -0.4 is 10.2 Å². The van der Waals surface area contributed by atoms with Crippen LogP contribution in [0, 0.1) is 23.7 Å². The molecule has 25 heavy (non-hydrogen) atoms. The maximum Gasteiger partial charge on any atom is 0.227 e. The van der Waals surface area contributed by atoms with Gasteiger partial charge >= 0.3 is 0 Å². The smallest absolute Gasteiger partial charge is 0.227 e. The van der Waals surface area contributed by atoms with Gasteiger partial charge in [-0.3, -0.25) is 4.79 Å². The number of hydrogen-bond acceptors (Lipinski definition) is 3. The van der Waals surface area contributed by atoms with E-state index in [4.69, 9.17) is 4.74 Å². The first-order valence-corrected chi connectivity index (χ1v) is 9.78. The minimum Gasteiger partial charge on any atom is -0.378 e. The molecule has 1 saturated heterocycles. The molecular formula is C21H32N2O2. The van der Waals surface area contributed by atoms with Crippen molar-refractivity contribution in [2.24, 2.45) is 23.7 Å². The fraction of sp³-hybridized carbons (Fsp3) is 0.667. The minimum atomic E-state index is 0.141. The van der Waals surface area contributed by atoms with Crippen LogP contribution in [0.25, 0.3) is 0 Å². The monoisotopic (exact) mass is 344 g/mol. The fourth-order valence-electron chi connectivity index (χ4n) is 4.32. The summed E-state index contributed by atoms with van der Waals surface area (Å²) < 4.78 is 5.40. The van der Waals surface area contributed by atoms with Crippen LogP contribution in [0.3, 0.4) is 0 Å². The van der Waals surface area contributed by atoms with Crippen molar-refractivity contribution >= 4 is 17.3 Å². The first-order chi connectivity index (χ1) is 12.0. The zero-order chi connectivity index (χ0) is 17.8. The molecule has 1 amide bonds. The Kier molecular flexibility index (Phi) is 6.00. The second-order valence-corrected chi connectivity index (χ2v) is 8.07. The molecule has 0 bridgehead atoms. The molecule has 1 N–H and O–H groups in total. The number of carbonyl (C=O) groups excluding carboxylic acids is 1. The quantitative estimate of drug-likeness (QED) is 0.891. The predicted molar refractivity (Wildman–Crippen MR) is 103 cm³/mol. The second kappa shape index (κ2) is 8.22. The number of carbonyl (C=O) groups is 1. The van der Waals surface area contributed by atoms with E-state index in [-0.39, 0.29) is 11.8 Å². The van der Waals surface area contributed by atoms with E-state index >= 15 is 0 Å². The van der Waals surface area contributed by atoms with Gasteiger partial charge in [0.15, 0.2) is 0 Å². The molecule has 3 rings (SSSR count). The average molecular weight is 344 g/mol. The number of morpholine rings is 1. The molecule has 2 aliphatic rings. The molecule has 2 fully saturated rings. The summed E-state index contributed by atoms with van der Waals surface area (Å²) in [4.78, 5) is 15.2. The van der Waals surface area contributed by atoms with Crippen molar-refractivity contribution in [2.45, 2.75) is 40.0 Å². The van der Waals surface area contributed by atoms with Crippen LogP contribution in [-0.4, -0.2) is 32.2 Å². The van der Waals surface area contributed by atoms with Crippen molar-refractivity contribution in [1.29, 1.82) is 0 Å².